The molecule has 114 valence electrons. The molecule has 2 unspecified atom stereocenters. The van der Waals surface area contributed by atoms with E-state index in [4.69, 9.17) is 4.74 Å². The highest BCUT2D eigenvalue weighted by Gasteiger charge is 2.38. The van der Waals surface area contributed by atoms with E-state index < -0.39 is 0 Å². The smallest absolute Gasteiger partial charge is 0.166 e. The van der Waals surface area contributed by atoms with E-state index in [0.29, 0.717) is 17.9 Å². The third-order valence-electron chi connectivity index (χ3n) is 5.39. The van der Waals surface area contributed by atoms with Gasteiger partial charge in [-0.05, 0) is 63.4 Å². The van der Waals surface area contributed by atoms with E-state index in [2.05, 4.69) is 11.9 Å². The highest BCUT2D eigenvalue weighted by Crippen LogP contribution is 2.37. The number of methoxy groups -OCH3 is 1. The van der Waals surface area contributed by atoms with Crippen molar-refractivity contribution in [2.75, 3.05) is 14.2 Å². The minimum atomic E-state index is 0.198. The number of nitrogens with zero attached hydrogens (tertiary/aromatic N) is 1. The Kier molecular flexibility index (Phi) is 4.03. The second-order valence-electron chi connectivity index (χ2n) is 6.62. The van der Waals surface area contributed by atoms with Gasteiger partial charge in [-0.1, -0.05) is 6.42 Å². The second kappa shape index (κ2) is 5.80. The maximum Gasteiger partial charge on any atom is 0.166 e. The van der Waals surface area contributed by atoms with E-state index in [1.54, 1.807) is 7.11 Å². The third kappa shape index (κ3) is 2.71. The molecule has 1 aromatic carbocycles. The molecule has 0 saturated carbocycles. The maximum absolute atomic E-state index is 12.8. The summed E-state index contributed by atoms with van der Waals surface area (Å²) in [7, 11) is 3.90. The fraction of sp³-hybridized carbons (Fsp3) is 0.611. The fourth-order valence-corrected chi connectivity index (χ4v) is 4.10. The van der Waals surface area contributed by atoms with Gasteiger partial charge >= 0.3 is 0 Å². The molecule has 3 nitrogen and oxygen atoms in total. The summed E-state index contributed by atoms with van der Waals surface area (Å²) in [5.74, 6) is 1.38. The number of ether oxygens (including phenoxy) is 1. The Labute approximate surface area is 127 Å². The number of hydrogen-bond donors (Lipinski definition) is 0. The molecule has 2 bridgehead atoms. The molecular weight excluding hydrogens is 262 g/mol. The number of aryl methyl sites for hydroxylation is 1. The maximum atomic E-state index is 12.8. The molecule has 21 heavy (non-hydrogen) atoms. The molecule has 0 spiro atoms. The van der Waals surface area contributed by atoms with Crippen LogP contribution in [0.5, 0.6) is 5.75 Å². The van der Waals surface area contributed by atoms with E-state index in [1.807, 2.05) is 25.1 Å². The number of piperidine rings is 2. The van der Waals surface area contributed by atoms with Crippen molar-refractivity contribution in [1.29, 1.82) is 0 Å². The molecule has 2 heterocycles. The summed E-state index contributed by atoms with van der Waals surface area (Å²) in [5, 5.41) is 0. The molecule has 2 fully saturated rings. The highest BCUT2D eigenvalue weighted by molar-refractivity contribution is 5.98. The van der Waals surface area contributed by atoms with Gasteiger partial charge in [-0.25, -0.2) is 0 Å². The van der Waals surface area contributed by atoms with E-state index in [1.165, 1.54) is 19.3 Å². The third-order valence-corrected chi connectivity index (χ3v) is 5.39. The average Bonchev–Trinajstić information content (AvgIpc) is 2.46. The first kappa shape index (κ1) is 14.6. The predicted octanol–water partition coefficient (Wildman–Crippen LogP) is 3.45. The van der Waals surface area contributed by atoms with Crippen molar-refractivity contribution in [3.63, 3.8) is 0 Å². The topological polar surface area (TPSA) is 29.5 Å². The number of carbonyl (C=O) groups is 1. The molecule has 2 atom stereocenters. The molecule has 2 aliphatic rings. The lowest BCUT2D eigenvalue weighted by Crippen LogP contribution is -2.51. The lowest BCUT2D eigenvalue weighted by molar-refractivity contribution is 0.0338. The van der Waals surface area contributed by atoms with Crippen molar-refractivity contribution >= 4 is 5.78 Å². The Morgan fingerprint density at radius 2 is 1.90 bits per heavy atom. The quantitative estimate of drug-likeness (QED) is 0.798. The Morgan fingerprint density at radius 1 is 1.24 bits per heavy atom. The number of carbonyl (C=O) groups excluding carboxylic acids is 1. The largest absolute Gasteiger partial charge is 0.496 e. The molecule has 2 saturated heterocycles. The van der Waals surface area contributed by atoms with Gasteiger partial charge in [0.05, 0.1) is 7.11 Å². The number of hydrogen-bond acceptors (Lipinski definition) is 3. The Balaban J connectivity index is 1.78. The van der Waals surface area contributed by atoms with Gasteiger partial charge in [0.2, 0.25) is 0 Å². The molecule has 1 aromatic rings. The molecule has 0 N–H and O–H groups in total. The van der Waals surface area contributed by atoms with Gasteiger partial charge in [0.15, 0.2) is 5.78 Å². The number of benzene rings is 1. The zero-order valence-corrected chi connectivity index (χ0v) is 13.3. The Hall–Kier alpha value is -1.35. The van der Waals surface area contributed by atoms with Crippen LogP contribution < -0.4 is 4.74 Å². The van der Waals surface area contributed by atoms with Crippen LogP contribution in [0.2, 0.25) is 0 Å². The van der Waals surface area contributed by atoms with Gasteiger partial charge in [0.25, 0.3) is 0 Å². The van der Waals surface area contributed by atoms with Crippen LogP contribution in [0.4, 0.5) is 0 Å². The van der Waals surface area contributed by atoms with Crippen LogP contribution in [0.3, 0.4) is 0 Å². The molecule has 0 aliphatic carbocycles. The van der Waals surface area contributed by atoms with Gasteiger partial charge in [0, 0.05) is 23.6 Å². The normalized spacial score (nSPS) is 29.2. The minimum Gasteiger partial charge on any atom is -0.496 e. The van der Waals surface area contributed by atoms with Gasteiger partial charge < -0.3 is 9.64 Å². The monoisotopic (exact) mass is 287 g/mol. The van der Waals surface area contributed by atoms with Crippen molar-refractivity contribution in [2.45, 2.75) is 51.1 Å². The van der Waals surface area contributed by atoms with Crippen LogP contribution in [0, 0.1) is 12.8 Å². The molecule has 3 heteroatoms. The van der Waals surface area contributed by atoms with Crippen LogP contribution in [-0.4, -0.2) is 36.9 Å². The Bertz CT molecular complexity index is 526. The molecule has 0 radical (unpaired) electrons. The van der Waals surface area contributed by atoms with Crippen LogP contribution in [0.25, 0.3) is 0 Å². The van der Waals surface area contributed by atoms with Crippen LogP contribution >= 0.6 is 0 Å². The predicted molar refractivity (Wildman–Crippen MR) is 84.0 cm³/mol. The summed E-state index contributed by atoms with van der Waals surface area (Å²) in [5.41, 5.74) is 1.89. The molecule has 2 aliphatic heterocycles. The second-order valence-corrected chi connectivity index (χ2v) is 6.62. The lowest BCUT2D eigenvalue weighted by Gasteiger charge is -2.46. The van der Waals surface area contributed by atoms with Crippen LogP contribution in [0.1, 0.15) is 48.0 Å². The van der Waals surface area contributed by atoms with Crippen molar-refractivity contribution in [3.05, 3.63) is 29.3 Å². The summed E-state index contributed by atoms with van der Waals surface area (Å²) in [6.45, 7) is 2.00. The summed E-state index contributed by atoms with van der Waals surface area (Å²) >= 11 is 0. The van der Waals surface area contributed by atoms with Gasteiger partial charge in [0.1, 0.15) is 5.75 Å². The summed E-state index contributed by atoms with van der Waals surface area (Å²) in [6.07, 6.45) is 5.87. The number of ketones is 1. The highest BCUT2D eigenvalue weighted by atomic mass is 16.5. The minimum absolute atomic E-state index is 0.198. The number of rotatable bonds is 3. The number of Topliss-reactive ketones (excluding diaryl/α,β-unsaturated/α-hetero) is 1. The SMILES string of the molecule is COc1ccc(C(=O)C2CC3CCCC(C2)N3C)cc1C. The first-order valence-electron chi connectivity index (χ1n) is 8.01. The number of fused-ring (bicyclic) bond motifs is 2. The standard InChI is InChI=1S/C18H25NO2/c1-12-9-13(7-8-17(12)21-3)18(20)14-10-15-5-4-6-16(11-14)19(15)2/h7-9,14-16H,4-6,10-11H2,1-3H3. The summed E-state index contributed by atoms with van der Waals surface area (Å²) in [6, 6.07) is 7.02. The van der Waals surface area contributed by atoms with Crippen molar-refractivity contribution < 1.29 is 9.53 Å². The molecule has 0 amide bonds. The van der Waals surface area contributed by atoms with Crippen molar-refractivity contribution in [2.24, 2.45) is 5.92 Å². The van der Waals surface area contributed by atoms with Crippen molar-refractivity contribution in [3.8, 4) is 5.75 Å². The Morgan fingerprint density at radius 3 is 2.48 bits per heavy atom. The molecule has 0 aromatic heterocycles. The molecular formula is C18H25NO2. The van der Waals surface area contributed by atoms with Gasteiger partial charge in [-0.3, -0.25) is 4.79 Å². The first-order chi connectivity index (χ1) is 10.1. The van der Waals surface area contributed by atoms with E-state index in [9.17, 15) is 4.79 Å². The zero-order chi connectivity index (χ0) is 15.0. The average molecular weight is 287 g/mol. The lowest BCUT2D eigenvalue weighted by atomic mass is 9.76. The van der Waals surface area contributed by atoms with E-state index in [0.717, 1.165) is 29.7 Å². The van der Waals surface area contributed by atoms with Crippen LogP contribution in [0.15, 0.2) is 18.2 Å². The van der Waals surface area contributed by atoms with Gasteiger partial charge in [-0.2, -0.15) is 0 Å². The summed E-state index contributed by atoms with van der Waals surface area (Å²) in [4.78, 5) is 15.3. The van der Waals surface area contributed by atoms with Crippen LogP contribution in [-0.2, 0) is 0 Å². The van der Waals surface area contributed by atoms with Gasteiger partial charge in [-0.15, -0.1) is 0 Å². The van der Waals surface area contributed by atoms with E-state index in [-0.39, 0.29) is 5.92 Å². The molecule has 3 rings (SSSR count). The fourth-order valence-electron chi connectivity index (χ4n) is 4.10. The first-order valence-corrected chi connectivity index (χ1v) is 8.01. The van der Waals surface area contributed by atoms with Crippen molar-refractivity contribution in [1.82, 2.24) is 4.90 Å². The summed E-state index contributed by atoms with van der Waals surface area (Å²) < 4.78 is 5.28. The zero-order valence-electron chi connectivity index (χ0n) is 13.3. The van der Waals surface area contributed by atoms with E-state index >= 15 is 0 Å².